The summed E-state index contributed by atoms with van der Waals surface area (Å²) < 4.78 is 47.9. The van der Waals surface area contributed by atoms with E-state index in [1.165, 1.54) is 11.1 Å². The van der Waals surface area contributed by atoms with Crippen LogP contribution in [0.15, 0.2) is 18.5 Å². The lowest BCUT2D eigenvalue weighted by Gasteiger charge is -2.45. The van der Waals surface area contributed by atoms with Crippen LogP contribution in [0.2, 0.25) is 0 Å². The van der Waals surface area contributed by atoms with Crippen molar-refractivity contribution in [2.45, 2.75) is 88.3 Å². The van der Waals surface area contributed by atoms with Gasteiger partial charge in [-0.05, 0) is 37.7 Å². The number of rotatable bonds is 6. The number of alkyl halides is 3. The highest BCUT2D eigenvalue weighted by molar-refractivity contribution is 5.95. The highest BCUT2D eigenvalue weighted by Gasteiger charge is 2.65. The second kappa shape index (κ2) is 9.44. The first-order valence-corrected chi connectivity index (χ1v) is 13.7. The number of nitrogens with zero attached hydrogens (tertiary/aromatic N) is 5. The van der Waals surface area contributed by atoms with Gasteiger partial charge in [0.2, 0.25) is 0 Å². The number of ether oxygens (including phenoxy) is 1. The minimum Gasteiger partial charge on any atom is -0.381 e. The van der Waals surface area contributed by atoms with Crippen molar-refractivity contribution in [1.29, 1.82) is 0 Å². The maximum Gasteiger partial charge on any atom is 0.417 e. The normalized spacial score (nSPS) is 25.9. The lowest BCUT2D eigenvalue weighted by molar-refractivity contribution is -0.277. The number of nitrogens with one attached hydrogen (secondary N) is 2. The second-order valence-electron chi connectivity index (χ2n) is 12.0. The van der Waals surface area contributed by atoms with Gasteiger partial charge in [-0.25, -0.2) is 4.79 Å². The smallest absolute Gasteiger partial charge is 0.381 e. The van der Waals surface area contributed by atoms with Crippen LogP contribution in [-0.4, -0.2) is 78.1 Å². The Hall–Kier alpha value is -3.19. The number of hydrogen-bond acceptors (Lipinski definition) is 6. The van der Waals surface area contributed by atoms with Crippen molar-refractivity contribution in [2.75, 3.05) is 19.0 Å². The van der Waals surface area contributed by atoms with Gasteiger partial charge in [0.15, 0.2) is 5.60 Å². The SMILES string of the molecule is COC1CC(c2nn(CC(C)C)c3cc(-c4[nH]ncc4NC(=O)N4CCC(O)(C(F)(F)F)CC45CC5)ncc23)C1. The van der Waals surface area contributed by atoms with Crippen LogP contribution in [0.5, 0.6) is 0 Å². The predicted octanol–water partition coefficient (Wildman–Crippen LogP) is 4.82. The molecular formula is C27H34F3N7O3. The van der Waals surface area contributed by atoms with Gasteiger partial charge < -0.3 is 20.1 Å². The number of carbonyl (C=O) groups excluding carboxylic acids is 1. The number of pyridine rings is 1. The molecule has 1 unspecified atom stereocenters. The fraction of sp³-hybridized carbons (Fsp3) is 0.630. The molecule has 0 radical (unpaired) electrons. The van der Waals surface area contributed by atoms with Gasteiger partial charge in [0, 0.05) is 56.1 Å². The van der Waals surface area contributed by atoms with Crippen molar-refractivity contribution in [1.82, 2.24) is 29.9 Å². The summed E-state index contributed by atoms with van der Waals surface area (Å²) in [6, 6.07) is 1.41. The molecular weight excluding hydrogens is 527 g/mol. The van der Waals surface area contributed by atoms with Crippen molar-refractivity contribution in [3.63, 3.8) is 0 Å². The number of aliphatic hydroxyl groups is 1. The van der Waals surface area contributed by atoms with Crippen LogP contribution < -0.4 is 5.32 Å². The average Bonchev–Trinajstić information content (AvgIpc) is 3.29. The standard InChI is InChI=1S/C27H34F3N7O3/c1-15(2)13-37-21-10-19(31-11-18(21)22(35-37)16-8-17(9-16)40-3)23-20(12-32-34-23)33-24(38)36-7-6-26(39,27(28,29)30)14-25(36)4-5-25/h10-12,15-17,39H,4-9,13-14H2,1-3H3,(H,32,34)(H,33,38). The van der Waals surface area contributed by atoms with Crippen molar-refractivity contribution < 1.29 is 27.8 Å². The van der Waals surface area contributed by atoms with Crippen LogP contribution in [0.4, 0.5) is 23.7 Å². The quantitative estimate of drug-likeness (QED) is 0.397. The highest BCUT2D eigenvalue weighted by atomic mass is 19.4. The van der Waals surface area contributed by atoms with E-state index in [0.717, 1.165) is 36.0 Å². The van der Waals surface area contributed by atoms with E-state index in [4.69, 9.17) is 9.84 Å². The first-order valence-electron chi connectivity index (χ1n) is 13.7. The van der Waals surface area contributed by atoms with Crippen molar-refractivity contribution in [3.05, 3.63) is 24.2 Å². The zero-order valence-corrected chi connectivity index (χ0v) is 22.8. The van der Waals surface area contributed by atoms with Crippen LogP contribution >= 0.6 is 0 Å². The molecule has 0 aromatic carbocycles. The number of aromatic amines is 1. The van der Waals surface area contributed by atoms with Gasteiger partial charge in [-0.2, -0.15) is 23.4 Å². The molecule has 6 rings (SSSR count). The summed E-state index contributed by atoms with van der Waals surface area (Å²) in [5.74, 6) is 0.682. The Bertz CT molecular complexity index is 1420. The van der Waals surface area contributed by atoms with Crippen molar-refractivity contribution >= 4 is 22.6 Å². The van der Waals surface area contributed by atoms with Gasteiger partial charge >= 0.3 is 12.2 Å². The number of H-pyrrole nitrogens is 1. The fourth-order valence-electron chi connectivity index (χ4n) is 6.17. The molecule has 2 saturated carbocycles. The van der Waals surface area contributed by atoms with Gasteiger partial charge in [0.1, 0.15) is 5.69 Å². The summed E-state index contributed by atoms with van der Waals surface area (Å²) in [5.41, 5.74) is -0.391. The molecule has 40 heavy (non-hydrogen) atoms. The zero-order valence-electron chi connectivity index (χ0n) is 22.8. The first kappa shape index (κ1) is 27.0. The van der Waals surface area contributed by atoms with E-state index in [1.807, 2.05) is 10.7 Å². The number of aromatic nitrogens is 5. The first-order chi connectivity index (χ1) is 18.9. The van der Waals surface area contributed by atoms with Crippen molar-refractivity contribution in [2.24, 2.45) is 5.92 Å². The molecule has 0 bridgehead atoms. The molecule has 3 N–H and O–H groups in total. The van der Waals surface area contributed by atoms with E-state index < -0.39 is 36.2 Å². The minimum absolute atomic E-state index is 0.193. The summed E-state index contributed by atoms with van der Waals surface area (Å²) in [7, 11) is 1.73. The van der Waals surface area contributed by atoms with Gasteiger partial charge in [-0.1, -0.05) is 13.8 Å². The molecule has 10 nitrogen and oxygen atoms in total. The number of methoxy groups -OCH3 is 1. The number of anilines is 1. The number of urea groups is 1. The molecule has 3 aliphatic rings. The Morgan fingerprint density at radius 1 is 1.27 bits per heavy atom. The lowest BCUT2D eigenvalue weighted by Crippen LogP contribution is -2.60. The number of piperidine rings is 1. The van der Waals surface area contributed by atoms with Crippen LogP contribution in [0.25, 0.3) is 22.3 Å². The lowest BCUT2D eigenvalue weighted by atomic mass is 9.79. The van der Waals surface area contributed by atoms with E-state index in [1.54, 1.807) is 13.3 Å². The number of likely N-dealkylation sites (tertiary alicyclic amines) is 1. The number of amides is 2. The molecule has 13 heteroatoms. The van der Waals surface area contributed by atoms with E-state index in [2.05, 4.69) is 34.3 Å². The number of fused-ring (bicyclic) bond motifs is 1. The maximum absolute atomic E-state index is 13.5. The zero-order chi connectivity index (χ0) is 28.4. The Balaban J connectivity index is 1.25. The summed E-state index contributed by atoms with van der Waals surface area (Å²) >= 11 is 0. The fourth-order valence-corrected chi connectivity index (χ4v) is 6.17. The molecule has 3 aromatic heterocycles. The van der Waals surface area contributed by atoms with Crippen molar-refractivity contribution in [3.8, 4) is 11.4 Å². The number of hydrogen-bond donors (Lipinski definition) is 3. The number of carbonyl (C=O) groups is 1. The van der Waals surface area contributed by atoms with E-state index >= 15 is 0 Å². The van der Waals surface area contributed by atoms with E-state index in [9.17, 15) is 23.1 Å². The molecule has 1 atom stereocenters. The van der Waals surface area contributed by atoms with E-state index in [0.29, 0.717) is 41.8 Å². The third-order valence-electron chi connectivity index (χ3n) is 8.70. The van der Waals surface area contributed by atoms with Gasteiger partial charge in [0.25, 0.3) is 0 Å². The molecule has 1 saturated heterocycles. The van der Waals surface area contributed by atoms with Gasteiger partial charge in [-0.15, -0.1) is 0 Å². The molecule has 1 spiro atoms. The van der Waals surface area contributed by atoms with E-state index in [-0.39, 0.29) is 12.6 Å². The molecule has 1 aliphatic heterocycles. The average molecular weight is 562 g/mol. The molecule has 4 heterocycles. The van der Waals surface area contributed by atoms with Crippen LogP contribution in [-0.2, 0) is 11.3 Å². The molecule has 216 valence electrons. The monoisotopic (exact) mass is 561 g/mol. The van der Waals surface area contributed by atoms with Gasteiger partial charge in [-0.3, -0.25) is 14.8 Å². The summed E-state index contributed by atoms with van der Waals surface area (Å²) in [6.45, 7) is 4.80. The maximum atomic E-state index is 13.5. The second-order valence-corrected chi connectivity index (χ2v) is 12.0. The Morgan fingerprint density at radius 2 is 2.02 bits per heavy atom. The highest BCUT2D eigenvalue weighted by Crippen LogP contribution is 2.55. The minimum atomic E-state index is -4.74. The Kier molecular flexibility index (Phi) is 6.37. The van der Waals surface area contributed by atoms with Crippen LogP contribution in [0.1, 0.15) is 64.0 Å². The molecule has 2 aliphatic carbocycles. The number of halogens is 3. The van der Waals surface area contributed by atoms with Crippen LogP contribution in [0.3, 0.4) is 0 Å². The topological polar surface area (TPSA) is 121 Å². The third kappa shape index (κ3) is 4.52. The Labute approximate surface area is 229 Å². The molecule has 3 fully saturated rings. The molecule has 2 amide bonds. The van der Waals surface area contributed by atoms with Gasteiger partial charge in [0.05, 0.1) is 34.9 Å². The Morgan fingerprint density at radius 3 is 2.67 bits per heavy atom. The predicted molar refractivity (Wildman–Crippen MR) is 141 cm³/mol. The summed E-state index contributed by atoms with van der Waals surface area (Å²) in [6.07, 6.45) is 0.381. The third-order valence-corrected chi connectivity index (χ3v) is 8.70. The summed E-state index contributed by atoms with van der Waals surface area (Å²) in [5, 5.41) is 26.0. The summed E-state index contributed by atoms with van der Waals surface area (Å²) in [4.78, 5) is 19.4. The largest absolute Gasteiger partial charge is 0.417 e. The van der Waals surface area contributed by atoms with Crippen LogP contribution in [0, 0.1) is 5.92 Å². The molecule has 3 aromatic rings.